The van der Waals surface area contributed by atoms with Crippen LogP contribution in [0.2, 0.25) is 0 Å². The summed E-state index contributed by atoms with van der Waals surface area (Å²) < 4.78 is 10.6. The molecule has 96 valence electrons. The molecule has 0 radical (unpaired) electrons. The summed E-state index contributed by atoms with van der Waals surface area (Å²) in [5, 5.41) is 10.1. The van der Waals surface area contributed by atoms with Crippen molar-refractivity contribution in [3.63, 3.8) is 0 Å². The fraction of sp³-hybridized carbons (Fsp3) is 0.357. The Morgan fingerprint density at radius 1 is 1.39 bits per heavy atom. The Morgan fingerprint density at radius 3 is 2.72 bits per heavy atom. The topological polar surface area (TPSA) is 59.7 Å². The minimum absolute atomic E-state index is 0.447. The summed E-state index contributed by atoms with van der Waals surface area (Å²) in [7, 11) is 1.58. The number of hydrogen-bond donors (Lipinski definition) is 1. The lowest BCUT2D eigenvalue weighted by Crippen LogP contribution is -2.26. The van der Waals surface area contributed by atoms with Gasteiger partial charge in [0.2, 0.25) is 0 Å². The first-order chi connectivity index (χ1) is 8.45. The first-order valence-corrected chi connectivity index (χ1v) is 5.72. The Bertz CT molecular complexity index is 580. The monoisotopic (exact) mass is 248 g/mol. The van der Waals surface area contributed by atoms with E-state index in [0.29, 0.717) is 17.8 Å². The van der Waals surface area contributed by atoms with Crippen LogP contribution in [-0.4, -0.2) is 18.2 Å². The third-order valence-corrected chi connectivity index (χ3v) is 3.10. The van der Waals surface area contributed by atoms with Gasteiger partial charge >= 0.3 is 5.97 Å². The zero-order chi connectivity index (χ0) is 13.3. The van der Waals surface area contributed by atoms with Crippen molar-refractivity contribution in [3.8, 4) is 5.75 Å². The fourth-order valence-electron chi connectivity index (χ4n) is 1.96. The molecule has 0 aliphatic carbocycles. The number of carboxylic acid groups (broad SMARTS) is 1. The molecule has 2 rings (SSSR count). The van der Waals surface area contributed by atoms with Gasteiger partial charge in [0.15, 0.2) is 11.3 Å². The molecule has 1 aromatic heterocycles. The summed E-state index contributed by atoms with van der Waals surface area (Å²) in [4.78, 5) is 11.2. The van der Waals surface area contributed by atoms with E-state index < -0.39 is 11.4 Å². The van der Waals surface area contributed by atoms with Crippen molar-refractivity contribution < 1.29 is 19.1 Å². The summed E-state index contributed by atoms with van der Waals surface area (Å²) in [5.74, 6) is -0.151. The zero-order valence-electron chi connectivity index (χ0n) is 10.7. The van der Waals surface area contributed by atoms with Crippen LogP contribution in [0.25, 0.3) is 11.0 Å². The normalized spacial score (nSPS) is 11.7. The average Bonchev–Trinajstić information content (AvgIpc) is 2.78. The molecule has 0 fully saturated rings. The van der Waals surface area contributed by atoms with Gasteiger partial charge in [0, 0.05) is 5.39 Å². The summed E-state index contributed by atoms with van der Waals surface area (Å²) in [6.07, 6.45) is 2.03. The van der Waals surface area contributed by atoms with Crippen molar-refractivity contribution in [2.45, 2.75) is 20.3 Å². The third kappa shape index (κ3) is 2.06. The molecular formula is C14H16O4. The van der Waals surface area contributed by atoms with E-state index >= 15 is 0 Å². The van der Waals surface area contributed by atoms with Crippen molar-refractivity contribution in [2.24, 2.45) is 5.41 Å². The molecule has 2 aromatic rings. The minimum Gasteiger partial charge on any atom is -0.493 e. The number of ether oxygens (including phenoxy) is 1. The highest BCUT2D eigenvalue weighted by molar-refractivity contribution is 5.87. The molecular weight excluding hydrogens is 232 g/mol. The predicted molar refractivity (Wildman–Crippen MR) is 67.9 cm³/mol. The highest BCUT2D eigenvalue weighted by Crippen LogP contribution is 2.33. The quantitative estimate of drug-likeness (QED) is 0.903. The highest BCUT2D eigenvalue weighted by atomic mass is 16.5. The van der Waals surface area contributed by atoms with Gasteiger partial charge in [0.05, 0.1) is 18.8 Å². The summed E-state index contributed by atoms with van der Waals surface area (Å²) in [6.45, 7) is 3.43. The molecule has 0 bridgehead atoms. The maximum Gasteiger partial charge on any atom is 0.309 e. The van der Waals surface area contributed by atoms with Gasteiger partial charge in [-0.2, -0.15) is 0 Å². The van der Waals surface area contributed by atoms with Crippen molar-refractivity contribution >= 4 is 16.9 Å². The van der Waals surface area contributed by atoms with Gasteiger partial charge in [0.1, 0.15) is 0 Å². The van der Waals surface area contributed by atoms with Gasteiger partial charge in [-0.3, -0.25) is 4.79 Å². The van der Waals surface area contributed by atoms with Crippen LogP contribution in [0.4, 0.5) is 0 Å². The van der Waals surface area contributed by atoms with E-state index in [4.69, 9.17) is 9.15 Å². The average molecular weight is 248 g/mol. The smallest absolute Gasteiger partial charge is 0.309 e. The second-order valence-corrected chi connectivity index (χ2v) is 4.96. The summed E-state index contributed by atoms with van der Waals surface area (Å²) >= 11 is 0. The lowest BCUT2D eigenvalue weighted by atomic mass is 9.85. The molecule has 0 unspecified atom stereocenters. The van der Waals surface area contributed by atoms with Crippen LogP contribution in [0.5, 0.6) is 5.75 Å². The molecule has 0 amide bonds. The molecule has 4 heteroatoms. The number of furan rings is 1. The number of carbonyl (C=O) groups is 1. The number of aliphatic carboxylic acids is 1. The summed E-state index contributed by atoms with van der Waals surface area (Å²) in [6, 6.07) is 5.53. The van der Waals surface area contributed by atoms with Crippen molar-refractivity contribution in [1.82, 2.24) is 0 Å². The van der Waals surface area contributed by atoms with E-state index in [1.165, 1.54) is 0 Å². The van der Waals surface area contributed by atoms with Gasteiger partial charge in [-0.15, -0.1) is 0 Å². The Hall–Kier alpha value is -1.97. The van der Waals surface area contributed by atoms with Gasteiger partial charge in [-0.1, -0.05) is 6.07 Å². The molecule has 0 aliphatic heterocycles. The van der Waals surface area contributed by atoms with E-state index in [1.54, 1.807) is 33.3 Å². The molecule has 0 aliphatic rings. The van der Waals surface area contributed by atoms with E-state index in [1.807, 2.05) is 12.1 Å². The van der Waals surface area contributed by atoms with E-state index in [-0.39, 0.29) is 0 Å². The molecule has 1 aromatic carbocycles. The van der Waals surface area contributed by atoms with E-state index in [0.717, 1.165) is 10.9 Å². The number of carboxylic acids is 1. The summed E-state index contributed by atoms with van der Waals surface area (Å²) in [5.41, 5.74) is 0.807. The van der Waals surface area contributed by atoms with Crippen LogP contribution >= 0.6 is 0 Å². The number of rotatable bonds is 4. The molecule has 1 N–H and O–H groups in total. The molecule has 0 saturated carbocycles. The van der Waals surface area contributed by atoms with Gasteiger partial charge in [0.25, 0.3) is 0 Å². The first-order valence-electron chi connectivity index (χ1n) is 5.72. The van der Waals surface area contributed by atoms with Gasteiger partial charge in [-0.25, -0.2) is 0 Å². The minimum atomic E-state index is -0.810. The van der Waals surface area contributed by atoms with Crippen molar-refractivity contribution in [1.29, 1.82) is 0 Å². The maximum absolute atomic E-state index is 11.2. The first kappa shape index (κ1) is 12.5. The van der Waals surface area contributed by atoms with Crippen LogP contribution in [0.1, 0.15) is 19.4 Å². The second-order valence-electron chi connectivity index (χ2n) is 4.96. The lowest BCUT2D eigenvalue weighted by molar-refractivity contribution is -0.146. The Balaban J connectivity index is 2.47. The van der Waals surface area contributed by atoms with Gasteiger partial charge < -0.3 is 14.3 Å². The molecule has 0 spiro atoms. The van der Waals surface area contributed by atoms with Crippen LogP contribution in [0, 0.1) is 5.41 Å². The number of benzene rings is 1. The standard InChI is InChI=1S/C14H16O4/c1-14(2,13(15)16)8-9-4-5-11(17-3)12-10(9)6-7-18-12/h4-7H,8H2,1-3H3,(H,15,16). The molecule has 18 heavy (non-hydrogen) atoms. The van der Waals surface area contributed by atoms with Crippen LogP contribution in [0.15, 0.2) is 28.9 Å². The Kier molecular flexibility index (Phi) is 3.03. The van der Waals surface area contributed by atoms with Gasteiger partial charge in [-0.05, 0) is 38.0 Å². The van der Waals surface area contributed by atoms with Crippen molar-refractivity contribution in [2.75, 3.05) is 7.11 Å². The van der Waals surface area contributed by atoms with Crippen LogP contribution < -0.4 is 4.74 Å². The van der Waals surface area contributed by atoms with E-state index in [2.05, 4.69) is 0 Å². The van der Waals surface area contributed by atoms with Crippen LogP contribution in [-0.2, 0) is 11.2 Å². The molecule has 0 saturated heterocycles. The lowest BCUT2D eigenvalue weighted by Gasteiger charge is -2.19. The van der Waals surface area contributed by atoms with Crippen LogP contribution in [0.3, 0.4) is 0 Å². The Labute approximate surface area is 105 Å². The zero-order valence-corrected chi connectivity index (χ0v) is 10.7. The SMILES string of the molecule is COc1ccc(CC(C)(C)C(=O)O)c2ccoc12. The molecule has 0 atom stereocenters. The molecule has 4 nitrogen and oxygen atoms in total. The number of hydrogen-bond acceptors (Lipinski definition) is 3. The molecule has 1 heterocycles. The Morgan fingerprint density at radius 2 is 2.11 bits per heavy atom. The predicted octanol–water partition coefficient (Wildman–Crippen LogP) is 3.09. The fourth-order valence-corrected chi connectivity index (χ4v) is 1.96. The maximum atomic E-state index is 11.2. The second kappa shape index (κ2) is 4.37. The van der Waals surface area contributed by atoms with E-state index in [9.17, 15) is 9.90 Å². The number of methoxy groups -OCH3 is 1. The third-order valence-electron chi connectivity index (χ3n) is 3.10. The number of fused-ring (bicyclic) bond motifs is 1. The highest BCUT2D eigenvalue weighted by Gasteiger charge is 2.28. The largest absolute Gasteiger partial charge is 0.493 e. The van der Waals surface area contributed by atoms with Crippen molar-refractivity contribution in [3.05, 3.63) is 30.0 Å².